The Bertz CT molecular complexity index is 1380. The van der Waals surface area contributed by atoms with Crippen molar-refractivity contribution in [1.82, 2.24) is 9.80 Å². The van der Waals surface area contributed by atoms with Crippen LogP contribution in [-0.2, 0) is 22.6 Å². The first kappa shape index (κ1) is 25.5. The van der Waals surface area contributed by atoms with Gasteiger partial charge in [0.25, 0.3) is 11.7 Å². The number of likely N-dealkylation sites (tertiary alicyclic amines) is 1. The van der Waals surface area contributed by atoms with Crippen molar-refractivity contribution in [1.29, 1.82) is 0 Å². The molecule has 0 radical (unpaired) electrons. The zero-order valence-electron chi connectivity index (χ0n) is 21.9. The van der Waals surface area contributed by atoms with Crippen LogP contribution in [0.2, 0.25) is 0 Å². The minimum absolute atomic E-state index is 0.0534. The third kappa shape index (κ3) is 5.15. The number of rotatable bonds is 8. The molecule has 3 aromatic carbocycles. The van der Waals surface area contributed by atoms with Gasteiger partial charge in [0.05, 0.1) is 11.6 Å². The second-order valence-corrected chi connectivity index (χ2v) is 10.1. The van der Waals surface area contributed by atoms with Gasteiger partial charge in [0.1, 0.15) is 30.0 Å². The number of carbonyl (C=O) groups is 2. The second-order valence-electron chi connectivity index (χ2n) is 10.1. The number of ether oxygens (including phenoxy) is 2. The Morgan fingerprint density at radius 3 is 2.61 bits per heavy atom. The molecule has 0 spiro atoms. The van der Waals surface area contributed by atoms with E-state index in [1.165, 1.54) is 0 Å². The molecular formula is C31H32N2O5. The molecular weight excluding hydrogens is 480 g/mol. The molecule has 1 saturated heterocycles. The summed E-state index contributed by atoms with van der Waals surface area (Å²) in [4.78, 5) is 30.1. The van der Waals surface area contributed by atoms with Gasteiger partial charge in [0.15, 0.2) is 0 Å². The molecule has 7 nitrogen and oxygen atoms in total. The Kier molecular flexibility index (Phi) is 7.20. The minimum atomic E-state index is -0.737. The maximum absolute atomic E-state index is 13.4. The van der Waals surface area contributed by atoms with E-state index in [4.69, 9.17) is 9.47 Å². The Balaban J connectivity index is 1.53. The molecule has 1 N–H and O–H groups in total. The van der Waals surface area contributed by atoms with Crippen LogP contribution in [0.15, 0.2) is 78.4 Å². The summed E-state index contributed by atoms with van der Waals surface area (Å²) < 4.78 is 11.8. The molecule has 5 rings (SSSR count). The Morgan fingerprint density at radius 2 is 1.84 bits per heavy atom. The van der Waals surface area contributed by atoms with Gasteiger partial charge >= 0.3 is 0 Å². The van der Waals surface area contributed by atoms with E-state index in [0.29, 0.717) is 36.6 Å². The number of hydrogen-bond donors (Lipinski definition) is 1. The first-order valence-corrected chi connectivity index (χ1v) is 12.8. The van der Waals surface area contributed by atoms with Crippen LogP contribution in [-0.4, -0.2) is 59.9 Å². The maximum atomic E-state index is 13.4. The lowest BCUT2D eigenvalue weighted by atomic mass is 9.94. The van der Waals surface area contributed by atoms with Crippen molar-refractivity contribution in [3.63, 3.8) is 0 Å². The first-order valence-electron chi connectivity index (χ1n) is 12.8. The number of fused-ring (bicyclic) bond motifs is 1. The number of benzene rings is 3. The normalized spacial score (nSPS) is 20.1. The van der Waals surface area contributed by atoms with Gasteiger partial charge < -0.3 is 24.4 Å². The molecule has 0 bridgehead atoms. The number of Topliss-reactive ketones (excluding diaryl/α,β-unsaturated/α-hetero) is 1. The average Bonchev–Trinajstić information content (AvgIpc) is 3.41. The highest BCUT2D eigenvalue weighted by Crippen LogP contribution is 2.41. The summed E-state index contributed by atoms with van der Waals surface area (Å²) in [5, 5.41) is 11.5. The fraction of sp³-hybridized carbons (Fsp3) is 0.290. The molecule has 38 heavy (non-hydrogen) atoms. The molecule has 0 saturated carbocycles. The summed E-state index contributed by atoms with van der Waals surface area (Å²) in [5.74, 6) is -0.0914. The van der Waals surface area contributed by atoms with Gasteiger partial charge in [0.2, 0.25) is 0 Å². The molecule has 2 heterocycles. The molecule has 2 aliphatic rings. The Morgan fingerprint density at radius 1 is 1.05 bits per heavy atom. The van der Waals surface area contributed by atoms with Crippen molar-refractivity contribution >= 4 is 17.4 Å². The number of amides is 1. The molecule has 196 valence electrons. The van der Waals surface area contributed by atoms with E-state index in [0.717, 1.165) is 23.3 Å². The van der Waals surface area contributed by atoms with Gasteiger partial charge in [-0.05, 0) is 68.0 Å². The third-order valence-electron chi connectivity index (χ3n) is 6.92. The van der Waals surface area contributed by atoms with Crippen molar-refractivity contribution in [3.8, 4) is 11.5 Å². The zero-order valence-corrected chi connectivity index (χ0v) is 21.9. The van der Waals surface area contributed by atoms with Gasteiger partial charge in [-0.25, -0.2) is 0 Å². The summed E-state index contributed by atoms with van der Waals surface area (Å²) in [7, 11) is 3.83. The molecule has 3 aromatic rings. The van der Waals surface area contributed by atoms with Crippen molar-refractivity contribution in [2.24, 2.45) is 0 Å². The molecule has 2 atom stereocenters. The first-order chi connectivity index (χ1) is 18.3. The number of carbonyl (C=O) groups excluding carboxylic acids is 2. The Hall–Kier alpha value is -4.10. The number of nitrogens with zero attached hydrogens (tertiary/aromatic N) is 2. The second kappa shape index (κ2) is 10.7. The number of hydrogen-bond acceptors (Lipinski definition) is 6. The molecule has 0 aromatic heterocycles. The molecule has 2 aliphatic heterocycles. The van der Waals surface area contributed by atoms with Crippen LogP contribution in [0.5, 0.6) is 11.5 Å². The highest BCUT2D eigenvalue weighted by molar-refractivity contribution is 6.46. The van der Waals surface area contributed by atoms with Crippen molar-refractivity contribution in [2.45, 2.75) is 32.1 Å². The number of likely N-dealkylation sites (N-methyl/N-ethyl adjacent to an activating group) is 1. The smallest absolute Gasteiger partial charge is 0.295 e. The van der Waals surface area contributed by atoms with Gasteiger partial charge in [-0.2, -0.15) is 0 Å². The maximum Gasteiger partial charge on any atom is 0.295 e. The molecule has 1 fully saturated rings. The van der Waals surface area contributed by atoms with E-state index in [2.05, 4.69) is 0 Å². The van der Waals surface area contributed by atoms with E-state index in [9.17, 15) is 14.7 Å². The summed E-state index contributed by atoms with van der Waals surface area (Å²) in [6.07, 6.45) is 0.773. The van der Waals surface area contributed by atoms with E-state index >= 15 is 0 Å². The quantitative estimate of drug-likeness (QED) is 0.271. The predicted octanol–water partition coefficient (Wildman–Crippen LogP) is 4.57. The van der Waals surface area contributed by atoms with E-state index in [1.807, 2.05) is 92.6 Å². The summed E-state index contributed by atoms with van der Waals surface area (Å²) in [6, 6.07) is 21.9. The average molecular weight is 513 g/mol. The zero-order chi connectivity index (χ0) is 26.8. The van der Waals surface area contributed by atoms with Crippen LogP contribution in [0.25, 0.3) is 5.76 Å². The monoisotopic (exact) mass is 512 g/mol. The molecule has 0 unspecified atom stereocenters. The van der Waals surface area contributed by atoms with Gasteiger partial charge in [-0.1, -0.05) is 42.5 Å². The highest BCUT2D eigenvalue weighted by Gasteiger charge is 2.46. The van der Waals surface area contributed by atoms with Crippen molar-refractivity contribution in [2.75, 3.05) is 27.2 Å². The SMILES string of the molecule is C[C@@H]1Cc2cc(C(O)=C3C(=O)C(=O)N(CCN(C)C)[C@H]3c3cccc(OCc4ccccc4)c3)ccc2O1. The lowest BCUT2D eigenvalue weighted by molar-refractivity contribution is -0.140. The number of aliphatic hydroxyl groups excluding tert-OH is 1. The van der Waals surface area contributed by atoms with E-state index in [1.54, 1.807) is 11.0 Å². The number of ketones is 1. The van der Waals surface area contributed by atoms with Crippen molar-refractivity contribution in [3.05, 3.63) is 101 Å². The molecule has 7 heteroatoms. The number of aliphatic hydroxyl groups is 1. The summed E-state index contributed by atoms with van der Waals surface area (Å²) in [5.41, 5.74) is 3.28. The van der Waals surface area contributed by atoms with Gasteiger partial charge in [0, 0.05) is 25.1 Å². The third-order valence-corrected chi connectivity index (χ3v) is 6.92. The fourth-order valence-corrected chi connectivity index (χ4v) is 5.01. The lowest BCUT2D eigenvalue weighted by Gasteiger charge is -2.27. The van der Waals surface area contributed by atoms with E-state index in [-0.39, 0.29) is 17.4 Å². The minimum Gasteiger partial charge on any atom is -0.507 e. The fourth-order valence-electron chi connectivity index (χ4n) is 5.01. The van der Waals surface area contributed by atoms with Crippen LogP contribution in [0.1, 0.15) is 35.2 Å². The van der Waals surface area contributed by atoms with Crippen LogP contribution >= 0.6 is 0 Å². The predicted molar refractivity (Wildman–Crippen MR) is 145 cm³/mol. The van der Waals surface area contributed by atoms with Crippen LogP contribution in [0, 0.1) is 0 Å². The van der Waals surface area contributed by atoms with Gasteiger partial charge in [-0.15, -0.1) is 0 Å². The largest absolute Gasteiger partial charge is 0.507 e. The standard InChI is InChI=1S/C31H32N2O5/c1-20-16-24-17-23(12-13-26(24)38-20)29(34)27-28(33(15-14-32(2)3)31(36)30(27)35)22-10-7-11-25(18-22)37-19-21-8-5-4-6-9-21/h4-13,17-18,20,28,34H,14-16,19H2,1-3H3/t20-,28+/m1/s1. The molecule has 1 amide bonds. The molecule has 0 aliphatic carbocycles. The lowest BCUT2D eigenvalue weighted by Crippen LogP contribution is -2.35. The topological polar surface area (TPSA) is 79.3 Å². The highest BCUT2D eigenvalue weighted by atomic mass is 16.5. The van der Waals surface area contributed by atoms with Crippen LogP contribution in [0.3, 0.4) is 0 Å². The Labute approximate surface area is 222 Å². The summed E-state index contributed by atoms with van der Waals surface area (Å²) >= 11 is 0. The summed E-state index contributed by atoms with van der Waals surface area (Å²) in [6.45, 7) is 3.29. The van der Waals surface area contributed by atoms with Crippen molar-refractivity contribution < 1.29 is 24.2 Å². The van der Waals surface area contributed by atoms with Crippen LogP contribution < -0.4 is 9.47 Å². The van der Waals surface area contributed by atoms with E-state index < -0.39 is 17.7 Å². The van der Waals surface area contributed by atoms with Crippen LogP contribution in [0.4, 0.5) is 0 Å². The van der Waals surface area contributed by atoms with Gasteiger partial charge in [-0.3, -0.25) is 9.59 Å².